The molecule has 2 fully saturated rings. The zero-order valence-electron chi connectivity index (χ0n) is 11.6. The number of aliphatic imine (C=N–C) groups is 1. The highest BCUT2D eigenvalue weighted by Crippen LogP contribution is 2.38. The SMILES string of the molecule is CC(C)[C@H]1CSC(=NC2CCCCC2(C)C)N1. The molecule has 1 aliphatic carbocycles. The van der Waals surface area contributed by atoms with Crippen LogP contribution >= 0.6 is 11.8 Å². The van der Waals surface area contributed by atoms with Crippen LogP contribution in [0.2, 0.25) is 0 Å². The fraction of sp³-hybridized carbons (Fsp3) is 0.929. The molecule has 0 amide bonds. The van der Waals surface area contributed by atoms with Gasteiger partial charge in [0, 0.05) is 11.8 Å². The summed E-state index contributed by atoms with van der Waals surface area (Å²) in [5.41, 5.74) is 0.392. The number of nitrogens with zero attached hydrogens (tertiary/aromatic N) is 1. The molecule has 0 aromatic heterocycles. The summed E-state index contributed by atoms with van der Waals surface area (Å²) in [5, 5.41) is 4.79. The zero-order chi connectivity index (χ0) is 12.5. The van der Waals surface area contributed by atoms with Gasteiger partial charge in [0.15, 0.2) is 5.17 Å². The molecule has 2 nitrogen and oxygen atoms in total. The predicted molar refractivity (Wildman–Crippen MR) is 77.7 cm³/mol. The Bertz CT molecular complexity index is 297. The third kappa shape index (κ3) is 3.18. The van der Waals surface area contributed by atoms with Crippen molar-refractivity contribution in [2.45, 2.75) is 65.5 Å². The summed E-state index contributed by atoms with van der Waals surface area (Å²) in [6.07, 6.45) is 5.32. The lowest BCUT2D eigenvalue weighted by Crippen LogP contribution is -2.35. The second-order valence-corrected chi connectivity index (χ2v) is 7.50. The first-order valence-corrected chi connectivity index (χ1v) is 7.95. The van der Waals surface area contributed by atoms with E-state index in [1.54, 1.807) is 0 Å². The van der Waals surface area contributed by atoms with Crippen LogP contribution in [0, 0.1) is 11.3 Å². The Labute approximate surface area is 110 Å². The predicted octanol–water partition coefficient (Wildman–Crippen LogP) is 3.67. The van der Waals surface area contributed by atoms with E-state index < -0.39 is 0 Å². The third-order valence-corrected chi connectivity index (χ3v) is 5.26. The molecule has 0 aromatic rings. The molecule has 1 aliphatic heterocycles. The Kier molecular flexibility index (Phi) is 4.06. The maximum absolute atomic E-state index is 4.99. The molecule has 3 heteroatoms. The van der Waals surface area contributed by atoms with Gasteiger partial charge >= 0.3 is 0 Å². The van der Waals surface area contributed by atoms with Gasteiger partial charge in [-0.2, -0.15) is 0 Å². The Morgan fingerprint density at radius 3 is 2.71 bits per heavy atom. The zero-order valence-corrected chi connectivity index (χ0v) is 12.4. The van der Waals surface area contributed by atoms with Crippen LogP contribution in [0.25, 0.3) is 0 Å². The van der Waals surface area contributed by atoms with Crippen LogP contribution < -0.4 is 5.32 Å². The van der Waals surface area contributed by atoms with Crippen LogP contribution in [0.1, 0.15) is 53.4 Å². The van der Waals surface area contributed by atoms with Crippen molar-refractivity contribution in [2.24, 2.45) is 16.3 Å². The Balaban J connectivity index is 2.00. The smallest absolute Gasteiger partial charge is 0.157 e. The molecule has 0 spiro atoms. The molecule has 2 rings (SSSR count). The van der Waals surface area contributed by atoms with Gasteiger partial charge in [0.2, 0.25) is 0 Å². The minimum atomic E-state index is 0.392. The van der Waals surface area contributed by atoms with Crippen molar-refractivity contribution in [1.29, 1.82) is 0 Å². The van der Waals surface area contributed by atoms with Gasteiger partial charge in [0.05, 0.1) is 6.04 Å². The van der Waals surface area contributed by atoms with Gasteiger partial charge in [-0.1, -0.05) is 52.3 Å². The molecular weight excluding hydrogens is 228 g/mol. The van der Waals surface area contributed by atoms with Crippen LogP contribution in [0.3, 0.4) is 0 Å². The number of nitrogens with one attached hydrogen (secondary N) is 1. The van der Waals surface area contributed by atoms with E-state index in [-0.39, 0.29) is 0 Å². The van der Waals surface area contributed by atoms with Crippen molar-refractivity contribution in [3.63, 3.8) is 0 Å². The molecule has 1 saturated heterocycles. The van der Waals surface area contributed by atoms with Crippen molar-refractivity contribution in [3.05, 3.63) is 0 Å². The number of hydrogen-bond acceptors (Lipinski definition) is 2. The first kappa shape index (κ1) is 13.3. The summed E-state index contributed by atoms with van der Waals surface area (Å²) < 4.78 is 0. The monoisotopic (exact) mass is 254 g/mol. The maximum Gasteiger partial charge on any atom is 0.157 e. The lowest BCUT2D eigenvalue weighted by atomic mass is 9.73. The van der Waals surface area contributed by atoms with E-state index in [2.05, 4.69) is 33.0 Å². The van der Waals surface area contributed by atoms with Crippen LogP contribution in [0.15, 0.2) is 4.99 Å². The van der Waals surface area contributed by atoms with E-state index in [9.17, 15) is 0 Å². The highest BCUT2D eigenvalue weighted by Gasteiger charge is 2.33. The maximum atomic E-state index is 4.99. The minimum absolute atomic E-state index is 0.392. The van der Waals surface area contributed by atoms with Gasteiger partial charge < -0.3 is 5.32 Å². The molecule has 0 radical (unpaired) electrons. The van der Waals surface area contributed by atoms with Gasteiger partial charge in [-0.25, -0.2) is 0 Å². The largest absolute Gasteiger partial charge is 0.361 e. The average molecular weight is 254 g/mol. The van der Waals surface area contributed by atoms with Gasteiger partial charge in [0.1, 0.15) is 0 Å². The molecule has 0 aromatic carbocycles. The molecule has 1 N–H and O–H groups in total. The Morgan fingerprint density at radius 1 is 1.35 bits per heavy atom. The van der Waals surface area contributed by atoms with Crippen molar-refractivity contribution in [1.82, 2.24) is 5.32 Å². The fourth-order valence-electron chi connectivity index (χ4n) is 2.70. The quantitative estimate of drug-likeness (QED) is 0.813. The van der Waals surface area contributed by atoms with Crippen molar-refractivity contribution >= 4 is 16.9 Å². The van der Waals surface area contributed by atoms with Crippen LogP contribution in [-0.2, 0) is 0 Å². The average Bonchev–Trinajstić information content (AvgIpc) is 2.70. The van der Waals surface area contributed by atoms with Crippen LogP contribution in [0.4, 0.5) is 0 Å². The molecule has 2 aliphatic rings. The number of amidine groups is 1. The lowest BCUT2D eigenvalue weighted by molar-refractivity contribution is 0.204. The second-order valence-electron chi connectivity index (χ2n) is 6.49. The molecule has 1 heterocycles. The first-order valence-electron chi connectivity index (χ1n) is 6.96. The van der Waals surface area contributed by atoms with Crippen molar-refractivity contribution < 1.29 is 0 Å². The Morgan fingerprint density at radius 2 is 2.12 bits per heavy atom. The summed E-state index contributed by atoms with van der Waals surface area (Å²) in [4.78, 5) is 4.99. The minimum Gasteiger partial charge on any atom is -0.361 e. The molecule has 98 valence electrons. The molecule has 17 heavy (non-hydrogen) atoms. The molecule has 0 bridgehead atoms. The first-order chi connectivity index (χ1) is 7.99. The number of thioether (sulfide) groups is 1. The molecule has 1 unspecified atom stereocenters. The van der Waals surface area contributed by atoms with Crippen LogP contribution in [-0.4, -0.2) is 23.0 Å². The van der Waals surface area contributed by atoms with E-state index in [0.29, 0.717) is 23.4 Å². The third-order valence-electron chi connectivity index (χ3n) is 4.24. The summed E-state index contributed by atoms with van der Waals surface area (Å²) in [6.45, 7) is 9.32. The van der Waals surface area contributed by atoms with E-state index >= 15 is 0 Å². The summed E-state index contributed by atoms with van der Waals surface area (Å²) in [6, 6.07) is 1.14. The molecular formula is C14H26N2S. The second kappa shape index (κ2) is 5.21. The number of rotatable bonds is 2. The van der Waals surface area contributed by atoms with Gasteiger partial charge in [-0.05, 0) is 24.2 Å². The molecule has 2 atom stereocenters. The van der Waals surface area contributed by atoms with Crippen LogP contribution in [0.5, 0.6) is 0 Å². The lowest BCUT2D eigenvalue weighted by Gasteiger charge is -2.36. The number of hydrogen-bond donors (Lipinski definition) is 1. The fourth-order valence-corrected chi connectivity index (χ4v) is 3.94. The van der Waals surface area contributed by atoms with E-state index in [1.165, 1.54) is 36.6 Å². The summed E-state index contributed by atoms with van der Waals surface area (Å²) in [5.74, 6) is 1.89. The summed E-state index contributed by atoms with van der Waals surface area (Å²) in [7, 11) is 0. The Hall–Kier alpha value is -0.180. The standard InChI is InChI=1S/C14H26N2S/c1-10(2)11-9-17-13(15-11)16-12-7-5-6-8-14(12,3)4/h10-12H,5-9H2,1-4H3,(H,15,16)/t11-,12?/m1/s1. The van der Waals surface area contributed by atoms with Gasteiger partial charge in [-0.3, -0.25) is 4.99 Å². The van der Waals surface area contributed by atoms with Gasteiger partial charge in [0.25, 0.3) is 0 Å². The highest BCUT2D eigenvalue weighted by molar-refractivity contribution is 8.14. The van der Waals surface area contributed by atoms with Crippen molar-refractivity contribution in [3.8, 4) is 0 Å². The summed E-state index contributed by atoms with van der Waals surface area (Å²) >= 11 is 1.91. The topological polar surface area (TPSA) is 24.4 Å². The van der Waals surface area contributed by atoms with E-state index in [1.807, 2.05) is 11.8 Å². The van der Waals surface area contributed by atoms with E-state index in [0.717, 1.165) is 0 Å². The highest BCUT2D eigenvalue weighted by atomic mass is 32.2. The normalized spacial score (nSPS) is 35.2. The van der Waals surface area contributed by atoms with E-state index in [4.69, 9.17) is 4.99 Å². The molecule has 1 saturated carbocycles. The van der Waals surface area contributed by atoms with Gasteiger partial charge in [-0.15, -0.1) is 0 Å². The van der Waals surface area contributed by atoms with Crippen molar-refractivity contribution in [2.75, 3.05) is 5.75 Å².